The van der Waals surface area contributed by atoms with Gasteiger partial charge in [0.2, 0.25) is 4.77 Å². The van der Waals surface area contributed by atoms with Gasteiger partial charge in [-0.3, -0.25) is 0 Å². The highest BCUT2D eigenvalue weighted by atomic mass is 35.5. The van der Waals surface area contributed by atoms with Gasteiger partial charge >= 0.3 is 0 Å². The van der Waals surface area contributed by atoms with E-state index < -0.39 is 0 Å². The van der Waals surface area contributed by atoms with Crippen LogP contribution in [0, 0.1) is 4.77 Å². The molecular weight excluding hydrogens is 368 g/mol. The van der Waals surface area contributed by atoms with Crippen LogP contribution in [0.1, 0.15) is 5.56 Å². The van der Waals surface area contributed by atoms with Gasteiger partial charge in [-0.1, -0.05) is 54.1 Å². The first-order valence-corrected chi connectivity index (χ1v) is 8.61. The van der Waals surface area contributed by atoms with Crippen LogP contribution in [0.15, 0.2) is 65.8 Å². The Morgan fingerprint density at radius 3 is 2.69 bits per heavy atom. The van der Waals surface area contributed by atoms with Gasteiger partial charge in [-0.15, -0.1) is 0 Å². The number of benzene rings is 3. The van der Waals surface area contributed by atoms with Crippen molar-refractivity contribution in [2.45, 2.75) is 0 Å². The quantitative estimate of drug-likeness (QED) is 0.388. The molecule has 0 aliphatic carbocycles. The molecule has 2 N–H and O–H groups in total. The fourth-order valence-electron chi connectivity index (χ4n) is 2.75. The highest BCUT2D eigenvalue weighted by Gasteiger charge is 2.12. The molecule has 1 aromatic heterocycles. The maximum atomic E-state index is 10.3. The number of aromatic amines is 1. The second kappa shape index (κ2) is 6.74. The number of rotatable bonds is 3. The fourth-order valence-corrected chi connectivity index (χ4v) is 3.15. The minimum absolute atomic E-state index is 0.141. The van der Waals surface area contributed by atoms with E-state index in [0.717, 1.165) is 10.8 Å². The smallest absolute Gasteiger partial charge is 0.216 e. The molecule has 0 unspecified atom stereocenters. The summed E-state index contributed by atoms with van der Waals surface area (Å²) in [5.74, 6) is 0.637. The van der Waals surface area contributed by atoms with Gasteiger partial charge in [0, 0.05) is 11.1 Å². The summed E-state index contributed by atoms with van der Waals surface area (Å²) in [5, 5.41) is 24.1. The lowest BCUT2D eigenvalue weighted by molar-refractivity contribution is 0.475. The molecular formula is C19H13ClN4OS. The number of aromatic nitrogens is 3. The first kappa shape index (κ1) is 16.5. The number of H-pyrrole nitrogens is 1. The predicted molar refractivity (Wildman–Crippen MR) is 106 cm³/mol. The number of hydrogen-bond acceptors (Lipinski definition) is 4. The van der Waals surface area contributed by atoms with Crippen molar-refractivity contribution < 1.29 is 5.11 Å². The van der Waals surface area contributed by atoms with E-state index in [1.807, 2.05) is 48.5 Å². The second-order valence-corrected chi connectivity index (χ2v) is 6.40. The Morgan fingerprint density at radius 1 is 1.08 bits per heavy atom. The number of nitrogens with zero attached hydrogens (tertiary/aromatic N) is 3. The Labute approximate surface area is 159 Å². The van der Waals surface area contributed by atoms with Crippen molar-refractivity contribution in [2.24, 2.45) is 5.10 Å². The topological polar surface area (TPSA) is 66.2 Å². The van der Waals surface area contributed by atoms with E-state index in [1.165, 1.54) is 4.68 Å². The Bertz CT molecular complexity index is 1200. The minimum atomic E-state index is 0.141. The third kappa shape index (κ3) is 2.89. The first-order valence-electron chi connectivity index (χ1n) is 7.82. The highest BCUT2D eigenvalue weighted by Crippen LogP contribution is 2.27. The maximum Gasteiger partial charge on any atom is 0.216 e. The summed E-state index contributed by atoms with van der Waals surface area (Å²) >= 11 is 11.6. The molecule has 1 heterocycles. The van der Waals surface area contributed by atoms with Crippen molar-refractivity contribution in [2.75, 3.05) is 0 Å². The number of phenols is 1. The van der Waals surface area contributed by atoms with Gasteiger partial charge in [0.1, 0.15) is 5.75 Å². The van der Waals surface area contributed by atoms with Crippen LogP contribution >= 0.6 is 23.8 Å². The molecule has 0 amide bonds. The van der Waals surface area contributed by atoms with Gasteiger partial charge in [-0.05, 0) is 41.2 Å². The van der Waals surface area contributed by atoms with Crippen LogP contribution in [0.4, 0.5) is 0 Å². The third-order valence-corrected chi connectivity index (χ3v) is 4.61. The monoisotopic (exact) mass is 380 g/mol. The van der Waals surface area contributed by atoms with E-state index in [9.17, 15) is 5.11 Å². The molecule has 0 aliphatic rings. The lowest BCUT2D eigenvalue weighted by Crippen LogP contribution is -1.96. The highest BCUT2D eigenvalue weighted by molar-refractivity contribution is 7.71. The van der Waals surface area contributed by atoms with Gasteiger partial charge in [-0.2, -0.15) is 14.9 Å². The molecule has 0 saturated carbocycles. The predicted octanol–water partition coefficient (Wildman–Crippen LogP) is 5.00. The van der Waals surface area contributed by atoms with Crippen molar-refractivity contribution in [1.82, 2.24) is 14.9 Å². The summed E-state index contributed by atoms with van der Waals surface area (Å²) in [6.45, 7) is 0. The summed E-state index contributed by atoms with van der Waals surface area (Å²) in [7, 11) is 0. The maximum absolute atomic E-state index is 10.3. The number of fused-ring (bicyclic) bond motifs is 1. The summed E-state index contributed by atoms with van der Waals surface area (Å²) in [4.78, 5) is 0. The number of phenolic OH excluding ortho intramolecular Hbond substituents is 1. The lowest BCUT2D eigenvalue weighted by Gasteiger charge is -2.06. The first-order chi connectivity index (χ1) is 12.6. The summed E-state index contributed by atoms with van der Waals surface area (Å²) in [6, 6.07) is 18.6. The molecule has 5 nitrogen and oxygen atoms in total. The molecule has 0 aliphatic heterocycles. The molecule has 0 fully saturated rings. The molecule has 0 atom stereocenters. The summed E-state index contributed by atoms with van der Waals surface area (Å²) in [6.07, 6.45) is 1.57. The van der Waals surface area contributed by atoms with Crippen molar-refractivity contribution in [3.63, 3.8) is 0 Å². The summed E-state index contributed by atoms with van der Waals surface area (Å²) in [5.41, 5.74) is 1.32. The van der Waals surface area contributed by atoms with E-state index >= 15 is 0 Å². The molecule has 4 rings (SSSR count). The van der Waals surface area contributed by atoms with E-state index in [1.54, 1.807) is 18.3 Å². The van der Waals surface area contributed by atoms with Gasteiger partial charge in [0.15, 0.2) is 5.82 Å². The molecule has 0 bridgehead atoms. The molecule has 0 saturated heterocycles. The molecule has 7 heteroatoms. The Hall–Kier alpha value is -2.96. The van der Waals surface area contributed by atoms with Crippen LogP contribution < -0.4 is 0 Å². The van der Waals surface area contributed by atoms with Crippen LogP contribution in [0.25, 0.3) is 22.2 Å². The van der Waals surface area contributed by atoms with Crippen molar-refractivity contribution in [3.8, 4) is 17.1 Å². The zero-order valence-electron chi connectivity index (χ0n) is 13.4. The average Bonchev–Trinajstić information content (AvgIpc) is 3.02. The van der Waals surface area contributed by atoms with Gasteiger partial charge in [0.05, 0.1) is 11.2 Å². The molecule has 26 heavy (non-hydrogen) atoms. The van der Waals surface area contributed by atoms with Crippen LogP contribution in [0.3, 0.4) is 0 Å². The van der Waals surface area contributed by atoms with Gasteiger partial charge in [0.25, 0.3) is 0 Å². The van der Waals surface area contributed by atoms with E-state index in [-0.39, 0.29) is 5.75 Å². The Morgan fingerprint density at radius 2 is 1.85 bits per heavy atom. The zero-order valence-corrected chi connectivity index (χ0v) is 15.0. The van der Waals surface area contributed by atoms with Crippen LogP contribution in [-0.4, -0.2) is 26.2 Å². The normalized spacial score (nSPS) is 11.4. The number of halogens is 1. The zero-order chi connectivity index (χ0) is 18.1. The molecule has 128 valence electrons. The Balaban J connectivity index is 1.85. The largest absolute Gasteiger partial charge is 0.507 e. The number of aromatic hydroxyl groups is 1. The van der Waals surface area contributed by atoms with Gasteiger partial charge < -0.3 is 5.11 Å². The SMILES string of the molecule is Oc1ccc2ccccc2c1C=Nn1c(-c2ccccc2Cl)n[nH]c1=S. The number of hydrogen-bond donors (Lipinski definition) is 2. The van der Waals surface area contributed by atoms with Crippen LogP contribution in [0.2, 0.25) is 5.02 Å². The third-order valence-electron chi connectivity index (χ3n) is 4.02. The van der Waals surface area contributed by atoms with E-state index in [4.69, 9.17) is 23.8 Å². The van der Waals surface area contributed by atoms with E-state index in [2.05, 4.69) is 15.3 Å². The van der Waals surface area contributed by atoms with Crippen molar-refractivity contribution in [1.29, 1.82) is 0 Å². The molecule has 0 radical (unpaired) electrons. The van der Waals surface area contributed by atoms with Crippen molar-refractivity contribution >= 4 is 40.8 Å². The van der Waals surface area contributed by atoms with Crippen LogP contribution in [0.5, 0.6) is 5.75 Å². The number of nitrogens with one attached hydrogen (secondary N) is 1. The Kier molecular flexibility index (Phi) is 4.28. The van der Waals surface area contributed by atoms with Crippen molar-refractivity contribution in [3.05, 3.63) is 76.0 Å². The molecule has 0 spiro atoms. The summed E-state index contributed by atoms with van der Waals surface area (Å²) < 4.78 is 1.81. The lowest BCUT2D eigenvalue weighted by atomic mass is 10.0. The van der Waals surface area contributed by atoms with Gasteiger partial charge in [-0.25, -0.2) is 5.10 Å². The average molecular weight is 381 g/mol. The van der Waals surface area contributed by atoms with Crippen LogP contribution in [-0.2, 0) is 0 Å². The standard InChI is InChI=1S/C19H13ClN4OS/c20-16-8-4-3-7-14(16)18-22-23-19(26)24(18)21-11-15-13-6-2-1-5-12(13)9-10-17(15)25/h1-11,25H,(H,23,26). The fraction of sp³-hybridized carbons (Fsp3) is 0. The molecule has 4 aromatic rings. The second-order valence-electron chi connectivity index (χ2n) is 5.61. The minimum Gasteiger partial charge on any atom is -0.507 e. The van der Waals surface area contributed by atoms with E-state index in [0.29, 0.717) is 26.7 Å². The molecule has 3 aromatic carbocycles.